The second-order valence-electron chi connectivity index (χ2n) is 5.15. The highest BCUT2D eigenvalue weighted by molar-refractivity contribution is 5.85. The molecule has 1 aromatic carbocycles. The molecule has 22 heavy (non-hydrogen) atoms. The molecule has 0 bridgehead atoms. The van der Waals surface area contributed by atoms with Gasteiger partial charge in [0.2, 0.25) is 5.91 Å². The second kappa shape index (κ2) is 10.6. The Morgan fingerprint density at radius 1 is 1.45 bits per heavy atom. The Morgan fingerprint density at radius 2 is 2.23 bits per heavy atom. The van der Waals surface area contributed by atoms with Gasteiger partial charge in [0.1, 0.15) is 6.04 Å². The van der Waals surface area contributed by atoms with Crippen molar-refractivity contribution in [3.05, 3.63) is 35.9 Å². The Hall–Kier alpha value is -1.14. The third-order valence-electron chi connectivity index (χ3n) is 3.50. The van der Waals surface area contributed by atoms with E-state index in [1.54, 1.807) is 0 Å². The average Bonchev–Trinajstić information content (AvgIpc) is 2.55. The zero-order chi connectivity index (χ0) is 14.9. The minimum atomic E-state index is -0.220. The minimum Gasteiger partial charge on any atom is -0.378 e. The fourth-order valence-corrected chi connectivity index (χ4v) is 2.22. The lowest BCUT2D eigenvalue weighted by molar-refractivity contribution is -0.125. The lowest BCUT2D eigenvalue weighted by Crippen LogP contribution is -2.51. The number of amides is 1. The fraction of sp³-hybridized carbons (Fsp3) is 0.562. The predicted molar refractivity (Wildman–Crippen MR) is 88.3 cm³/mol. The maximum atomic E-state index is 11.8. The summed E-state index contributed by atoms with van der Waals surface area (Å²) in [5.41, 5.74) is 1.17. The Balaban J connectivity index is 0.00000242. The van der Waals surface area contributed by atoms with Crippen molar-refractivity contribution >= 4 is 18.3 Å². The zero-order valence-corrected chi connectivity index (χ0v) is 13.7. The number of ether oxygens (including phenoxy) is 2. The predicted octanol–water partition coefficient (Wildman–Crippen LogP) is 1.68. The van der Waals surface area contributed by atoms with Gasteiger partial charge in [0.15, 0.2) is 0 Å². The van der Waals surface area contributed by atoms with Crippen molar-refractivity contribution < 1.29 is 14.3 Å². The molecule has 0 aliphatic carbocycles. The summed E-state index contributed by atoms with van der Waals surface area (Å²) in [6.45, 7) is 5.15. The fourth-order valence-electron chi connectivity index (χ4n) is 2.22. The largest absolute Gasteiger partial charge is 0.378 e. The van der Waals surface area contributed by atoms with Crippen LogP contribution in [0.1, 0.15) is 25.0 Å². The summed E-state index contributed by atoms with van der Waals surface area (Å²) in [7, 11) is 0. The van der Waals surface area contributed by atoms with Crippen LogP contribution in [0.5, 0.6) is 0 Å². The maximum Gasteiger partial charge on any atom is 0.239 e. The van der Waals surface area contributed by atoms with Gasteiger partial charge in [-0.05, 0) is 18.9 Å². The quantitative estimate of drug-likeness (QED) is 0.748. The van der Waals surface area contributed by atoms with Gasteiger partial charge in [-0.2, -0.15) is 0 Å². The molecule has 6 heteroatoms. The third-order valence-corrected chi connectivity index (χ3v) is 3.50. The van der Waals surface area contributed by atoms with Crippen LogP contribution in [-0.2, 0) is 14.3 Å². The molecule has 1 aliphatic rings. The van der Waals surface area contributed by atoms with Crippen LogP contribution < -0.4 is 10.6 Å². The molecule has 0 radical (unpaired) electrons. The van der Waals surface area contributed by atoms with E-state index in [2.05, 4.69) is 22.8 Å². The number of nitrogens with one attached hydrogen (secondary N) is 2. The maximum absolute atomic E-state index is 11.8. The molecular formula is C16H25ClN2O3. The van der Waals surface area contributed by atoms with Crippen LogP contribution in [0.2, 0.25) is 0 Å². The number of benzene rings is 1. The van der Waals surface area contributed by atoms with E-state index in [9.17, 15) is 4.79 Å². The Kier molecular flexibility index (Phi) is 9.08. The smallest absolute Gasteiger partial charge is 0.239 e. The van der Waals surface area contributed by atoms with E-state index in [0.717, 1.165) is 13.0 Å². The van der Waals surface area contributed by atoms with Gasteiger partial charge in [0.25, 0.3) is 0 Å². The first-order chi connectivity index (χ1) is 10.3. The highest BCUT2D eigenvalue weighted by Gasteiger charge is 2.20. The minimum absolute atomic E-state index is 0. The second-order valence-corrected chi connectivity index (χ2v) is 5.15. The van der Waals surface area contributed by atoms with Crippen molar-refractivity contribution in [2.24, 2.45) is 0 Å². The Labute approximate surface area is 138 Å². The van der Waals surface area contributed by atoms with E-state index in [-0.39, 0.29) is 30.5 Å². The molecule has 1 amide bonds. The van der Waals surface area contributed by atoms with E-state index < -0.39 is 0 Å². The van der Waals surface area contributed by atoms with Crippen LogP contribution in [0.3, 0.4) is 0 Å². The zero-order valence-electron chi connectivity index (χ0n) is 12.9. The van der Waals surface area contributed by atoms with E-state index in [0.29, 0.717) is 26.4 Å². The van der Waals surface area contributed by atoms with Gasteiger partial charge in [-0.1, -0.05) is 30.3 Å². The summed E-state index contributed by atoms with van der Waals surface area (Å²) in [6, 6.07) is 9.91. The normalized spacial score (nSPS) is 19.0. The number of carbonyl (C=O) groups is 1. The van der Waals surface area contributed by atoms with Crippen molar-refractivity contribution in [2.45, 2.75) is 25.5 Å². The molecule has 1 fully saturated rings. The van der Waals surface area contributed by atoms with Crippen molar-refractivity contribution in [2.75, 3.05) is 32.9 Å². The van der Waals surface area contributed by atoms with Crippen LogP contribution in [0.15, 0.2) is 30.3 Å². The van der Waals surface area contributed by atoms with Gasteiger partial charge in [-0.25, -0.2) is 0 Å². The molecule has 124 valence electrons. The van der Waals surface area contributed by atoms with Crippen LogP contribution in [0.25, 0.3) is 0 Å². The van der Waals surface area contributed by atoms with Crippen molar-refractivity contribution in [1.29, 1.82) is 0 Å². The summed E-state index contributed by atoms with van der Waals surface area (Å²) < 4.78 is 11.0. The summed E-state index contributed by atoms with van der Waals surface area (Å²) in [5.74, 6) is 0.00538. The monoisotopic (exact) mass is 328 g/mol. The first kappa shape index (κ1) is 18.9. The Bertz CT molecular complexity index is 425. The lowest BCUT2D eigenvalue weighted by Gasteiger charge is -2.22. The number of hydrogen-bond donors (Lipinski definition) is 2. The average molecular weight is 329 g/mol. The number of halogens is 1. The van der Waals surface area contributed by atoms with Crippen LogP contribution >= 0.6 is 12.4 Å². The molecule has 1 aromatic rings. The van der Waals surface area contributed by atoms with Gasteiger partial charge in [0, 0.05) is 19.7 Å². The van der Waals surface area contributed by atoms with Crippen molar-refractivity contribution in [1.82, 2.24) is 10.6 Å². The molecule has 0 aromatic heterocycles. The van der Waals surface area contributed by atoms with E-state index in [1.807, 2.05) is 25.1 Å². The molecule has 2 atom stereocenters. The summed E-state index contributed by atoms with van der Waals surface area (Å²) in [6.07, 6.45) is 0.881. The van der Waals surface area contributed by atoms with Crippen molar-refractivity contribution in [3.63, 3.8) is 0 Å². The van der Waals surface area contributed by atoms with Crippen LogP contribution in [0, 0.1) is 0 Å². The first-order valence-electron chi connectivity index (χ1n) is 7.53. The van der Waals surface area contributed by atoms with E-state index in [1.165, 1.54) is 5.56 Å². The summed E-state index contributed by atoms with van der Waals surface area (Å²) in [4.78, 5) is 11.8. The number of carbonyl (C=O) groups excluding carboxylic acids is 1. The van der Waals surface area contributed by atoms with Crippen LogP contribution in [0.4, 0.5) is 0 Å². The highest BCUT2D eigenvalue weighted by Crippen LogP contribution is 2.15. The van der Waals surface area contributed by atoms with Gasteiger partial charge < -0.3 is 20.1 Å². The van der Waals surface area contributed by atoms with Crippen LogP contribution in [-0.4, -0.2) is 44.9 Å². The van der Waals surface area contributed by atoms with E-state index in [4.69, 9.17) is 9.47 Å². The summed E-state index contributed by atoms with van der Waals surface area (Å²) in [5, 5.41) is 6.04. The highest BCUT2D eigenvalue weighted by atomic mass is 35.5. The molecule has 2 unspecified atom stereocenters. The molecular weight excluding hydrogens is 304 g/mol. The van der Waals surface area contributed by atoms with Crippen molar-refractivity contribution in [3.8, 4) is 0 Å². The molecule has 2 rings (SSSR count). The van der Waals surface area contributed by atoms with E-state index >= 15 is 0 Å². The van der Waals surface area contributed by atoms with Gasteiger partial charge in [0.05, 0.1) is 19.3 Å². The molecule has 0 spiro atoms. The first-order valence-corrected chi connectivity index (χ1v) is 7.53. The molecule has 5 nitrogen and oxygen atoms in total. The summed E-state index contributed by atoms with van der Waals surface area (Å²) >= 11 is 0. The molecule has 1 heterocycles. The number of hydrogen-bond acceptors (Lipinski definition) is 4. The number of rotatable bonds is 7. The Morgan fingerprint density at radius 3 is 2.91 bits per heavy atom. The molecule has 1 aliphatic heterocycles. The molecule has 2 N–H and O–H groups in total. The SMILES string of the molecule is CC(OCCCNC(=O)C1COCCN1)c1ccccc1.Cl. The van der Waals surface area contributed by atoms with Gasteiger partial charge >= 0.3 is 0 Å². The standard InChI is InChI=1S/C16H24N2O3.ClH/c1-13(14-6-3-2-4-7-14)21-10-5-8-18-16(19)15-12-20-11-9-17-15;/h2-4,6-7,13,15,17H,5,8-12H2,1H3,(H,18,19);1H. The van der Waals surface area contributed by atoms with Gasteiger partial charge in [-0.15, -0.1) is 12.4 Å². The van der Waals surface area contributed by atoms with Gasteiger partial charge in [-0.3, -0.25) is 4.79 Å². The third kappa shape index (κ3) is 6.32. The molecule has 1 saturated heterocycles. The number of morpholine rings is 1. The molecule has 0 saturated carbocycles. The lowest BCUT2D eigenvalue weighted by atomic mass is 10.1. The topological polar surface area (TPSA) is 59.6 Å².